The van der Waals surface area contributed by atoms with Gasteiger partial charge in [0.1, 0.15) is 6.33 Å². The third-order valence-electron chi connectivity index (χ3n) is 4.38. The Balaban J connectivity index is 1.33. The summed E-state index contributed by atoms with van der Waals surface area (Å²) in [6.45, 7) is 1.12. The average molecular weight is 362 g/mol. The summed E-state index contributed by atoms with van der Waals surface area (Å²) in [6.07, 6.45) is 5.07. The lowest BCUT2D eigenvalue weighted by Crippen LogP contribution is -2.35. The molecule has 0 aromatic carbocycles. The van der Waals surface area contributed by atoms with E-state index in [1.807, 2.05) is 11.4 Å². The Morgan fingerprint density at radius 2 is 2.28 bits per heavy atom. The molecule has 2 amide bonds. The number of nitrogens with one attached hydrogen (secondary N) is 2. The number of carbonyl (C=O) groups excluding carboxylic acids is 2. The molecule has 1 aliphatic rings. The van der Waals surface area contributed by atoms with Crippen LogP contribution in [0.4, 0.5) is 0 Å². The second-order valence-corrected chi connectivity index (χ2v) is 7.25. The Labute approximate surface area is 150 Å². The van der Waals surface area contributed by atoms with Crippen LogP contribution in [-0.2, 0) is 22.6 Å². The van der Waals surface area contributed by atoms with E-state index >= 15 is 0 Å². The first-order valence-electron chi connectivity index (χ1n) is 8.51. The lowest BCUT2D eigenvalue weighted by atomic mass is 10.1. The summed E-state index contributed by atoms with van der Waals surface area (Å²) in [5.41, 5.74) is 0. The molecule has 2 N–H and O–H groups in total. The highest BCUT2D eigenvalue weighted by Crippen LogP contribution is 2.25. The van der Waals surface area contributed by atoms with E-state index < -0.39 is 0 Å². The zero-order valence-electron chi connectivity index (χ0n) is 13.9. The van der Waals surface area contributed by atoms with Gasteiger partial charge in [0.05, 0.1) is 6.54 Å². The number of hydrogen-bond acceptors (Lipinski definition) is 6. The molecule has 2 aromatic heterocycles. The summed E-state index contributed by atoms with van der Waals surface area (Å²) in [5, 5.41) is 18.8. The van der Waals surface area contributed by atoms with Crippen LogP contribution in [0.1, 0.15) is 30.6 Å². The van der Waals surface area contributed by atoms with Crippen LogP contribution in [0.15, 0.2) is 23.8 Å². The van der Waals surface area contributed by atoms with Gasteiger partial charge in [-0.05, 0) is 47.6 Å². The van der Waals surface area contributed by atoms with Crippen molar-refractivity contribution in [2.45, 2.75) is 44.7 Å². The van der Waals surface area contributed by atoms with Crippen molar-refractivity contribution in [2.24, 2.45) is 5.92 Å². The molecule has 3 rings (SSSR count). The minimum absolute atomic E-state index is 0.00634. The fraction of sp³-hybridized carbons (Fsp3) is 0.562. The van der Waals surface area contributed by atoms with Gasteiger partial charge >= 0.3 is 0 Å². The van der Waals surface area contributed by atoms with Gasteiger partial charge in [-0.2, -0.15) is 0 Å². The topological polar surface area (TPSA) is 102 Å². The minimum atomic E-state index is -0.0285. The Hall–Kier alpha value is -2.29. The van der Waals surface area contributed by atoms with Crippen LogP contribution in [0.5, 0.6) is 0 Å². The predicted molar refractivity (Wildman–Crippen MR) is 92.7 cm³/mol. The lowest BCUT2D eigenvalue weighted by Gasteiger charge is -2.13. The van der Waals surface area contributed by atoms with Gasteiger partial charge in [-0.25, -0.2) is 4.68 Å². The Kier molecular flexibility index (Phi) is 6.10. The van der Waals surface area contributed by atoms with Crippen molar-refractivity contribution >= 4 is 23.2 Å². The number of amides is 2. The number of rotatable bonds is 8. The number of aryl methyl sites for hydroxylation is 1. The van der Waals surface area contributed by atoms with Crippen LogP contribution < -0.4 is 10.6 Å². The molecule has 1 aliphatic carbocycles. The molecule has 2 aromatic rings. The van der Waals surface area contributed by atoms with E-state index in [-0.39, 0.29) is 23.8 Å². The molecule has 1 saturated carbocycles. The number of carbonyl (C=O) groups is 2. The van der Waals surface area contributed by atoms with Crippen LogP contribution in [0.3, 0.4) is 0 Å². The van der Waals surface area contributed by atoms with Crippen molar-refractivity contribution in [3.63, 3.8) is 0 Å². The van der Waals surface area contributed by atoms with Crippen LogP contribution in [-0.4, -0.2) is 44.6 Å². The first-order chi connectivity index (χ1) is 12.2. The van der Waals surface area contributed by atoms with Crippen molar-refractivity contribution in [2.75, 3.05) is 6.54 Å². The summed E-state index contributed by atoms with van der Waals surface area (Å²) >= 11 is 1.70. The maximum Gasteiger partial charge on any atom is 0.223 e. The summed E-state index contributed by atoms with van der Waals surface area (Å²) in [6, 6.07) is 4.17. The molecule has 8 nitrogen and oxygen atoms in total. The fourth-order valence-corrected chi connectivity index (χ4v) is 3.77. The number of thiophene rings is 1. The van der Waals surface area contributed by atoms with Gasteiger partial charge in [0, 0.05) is 29.8 Å². The standard InChI is InChI=1S/C16H22N6O2S/c23-15(6-8-22-11-18-20-21-22)19-13-4-3-12(10-13)16(24)17-7-5-14-2-1-9-25-14/h1-2,9,11-13H,3-8,10H2,(H,17,24)(H,19,23)/t12-,13+/m1/s1. The van der Waals surface area contributed by atoms with E-state index in [1.54, 1.807) is 11.3 Å². The molecule has 2 atom stereocenters. The molecule has 134 valence electrons. The zero-order valence-corrected chi connectivity index (χ0v) is 14.7. The molecule has 0 spiro atoms. The first-order valence-corrected chi connectivity index (χ1v) is 9.39. The molecule has 0 saturated heterocycles. The highest BCUT2D eigenvalue weighted by atomic mass is 32.1. The quantitative estimate of drug-likeness (QED) is 0.722. The molecule has 2 heterocycles. The second-order valence-electron chi connectivity index (χ2n) is 6.22. The number of nitrogens with zero attached hydrogens (tertiary/aromatic N) is 4. The van der Waals surface area contributed by atoms with E-state index in [9.17, 15) is 9.59 Å². The highest BCUT2D eigenvalue weighted by molar-refractivity contribution is 7.09. The van der Waals surface area contributed by atoms with Gasteiger partial charge in [0.15, 0.2) is 0 Å². The lowest BCUT2D eigenvalue weighted by molar-refractivity contribution is -0.125. The Morgan fingerprint density at radius 3 is 3.04 bits per heavy atom. The maximum absolute atomic E-state index is 12.2. The third kappa shape index (κ3) is 5.35. The first kappa shape index (κ1) is 17.5. The molecule has 25 heavy (non-hydrogen) atoms. The molecule has 0 bridgehead atoms. The molecule has 0 aliphatic heterocycles. The van der Waals surface area contributed by atoms with E-state index in [2.05, 4.69) is 32.2 Å². The number of hydrogen-bond donors (Lipinski definition) is 2. The van der Waals surface area contributed by atoms with E-state index in [4.69, 9.17) is 0 Å². The van der Waals surface area contributed by atoms with Crippen molar-refractivity contribution in [1.82, 2.24) is 30.8 Å². The van der Waals surface area contributed by atoms with Gasteiger partial charge in [0.2, 0.25) is 11.8 Å². The molecular weight excluding hydrogens is 340 g/mol. The van der Waals surface area contributed by atoms with Crippen LogP contribution in [0.25, 0.3) is 0 Å². The zero-order chi connectivity index (χ0) is 17.5. The Morgan fingerprint density at radius 1 is 1.36 bits per heavy atom. The SMILES string of the molecule is O=C(CCn1cnnn1)N[C@H]1CC[C@@H](C(=O)NCCc2cccs2)C1. The minimum Gasteiger partial charge on any atom is -0.356 e. The molecule has 9 heteroatoms. The average Bonchev–Trinajstić information content (AvgIpc) is 3.35. The smallest absolute Gasteiger partial charge is 0.223 e. The van der Waals surface area contributed by atoms with Crippen molar-refractivity contribution in [3.8, 4) is 0 Å². The van der Waals surface area contributed by atoms with Crippen LogP contribution in [0.2, 0.25) is 0 Å². The van der Waals surface area contributed by atoms with Gasteiger partial charge in [-0.3, -0.25) is 9.59 Å². The van der Waals surface area contributed by atoms with Crippen molar-refractivity contribution < 1.29 is 9.59 Å². The summed E-state index contributed by atoms with van der Waals surface area (Å²) in [7, 11) is 0. The van der Waals surface area contributed by atoms with Gasteiger partial charge in [0.25, 0.3) is 0 Å². The van der Waals surface area contributed by atoms with E-state index in [0.29, 0.717) is 25.9 Å². The number of aromatic nitrogens is 4. The summed E-state index contributed by atoms with van der Waals surface area (Å²) in [5.74, 6) is 0.0643. The third-order valence-corrected chi connectivity index (χ3v) is 5.31. The van der Waals surface area contributed by atoms with Crippen LogP contribution >= 0.6 is 11.3 Å². The van der Waals surface area contributed by atoms with Crippen molar-refractivity contribution in [3.05, 3.63) is 28.7 Å². The second kappa shape index (κ2) is 8.70. The number of tetrazole rings is 1. The maximum atomic E-state index is 12.2. The largest absolute Gasteiger partial charge is 0.356 e. The predicted octanol–water partition coefficient (Wildman–Crippen LogP) is 0.768. The normalized spacial score (nSPS) is 19.7. The van der Waals surface area contributed by atoms with Gasteiger partial charge in [-0.1, -0.05) is 6.07 Å². The summed E-state index contributed by atoms with van der Waals surface area (Å²) < 4.78 is 1.53. The molecular formula is C16H22N6O2S. The van der Waals surface area contributed by atoms with Gasteiger partial charge in [-0.15, -0.1) is 16.4 Å². The Bertz CT molecular complexity index is 673. The van der Waals surface area contributed by atoms with Crippen LogP contribution in [0, 0.1) is 5.92 Å². The summed E-state index contributed by atoms with van der Waals surface area (Å²) in [4.78, 5) is 25.5. The van der Waals surface area contributed by atoms with Gasteiger partial charge < -0.3 is 10.6 Å². The van der Waals surface area contributed by atoms with Crippen molar-refractivity contribution in [1.29, 1.82) is 0 Å². The monoisotopic (exact) mass is 362 g/mol. The fourth-order valence-electron chi connectivity index (χ4n) is 3.06. The van der Waals surface area contributed by atoms with E-state index in [0.717, 1.165) is 19.3 Å². The van der Waals surface area contributed by atoms with E-state index in [1.165, 1.54) is 15.9 Å². The molecule has 1 fully saturated rings. The molecule has 0 radical (unpaired) electrons. The molecule has 0 unspecified atom stereocenters. The highest BCUT2D eigenvalue weighted by Gasteiger charge is 2.30.